The smallest absolute Gasteiger partial charge is 0.118 e. The summed E-state index contributed by atoms with van der Waals surface area (Å²) >= 11 is 0. The summed E-state index contributed by atoms with van der Waals surface area (Å²) in [6.45, 7) is 9.24. The molecule has 134 valence electrons. The zero-order chi connectivity index (χ0) is 18.2. The molecule has 1 saturated carbocycles. The zero-order valence-electron chi connectivity index (χ0n) is 15.7. The third-order valence-electron chi connectivity index (χ3n) is 6.04. The van der Waals surface area contributed by atoms with E-state index < -0.39 is 8.07 Å². The summed E-state index contributed by atoms with van der Waals surface area (Å²) in [7, 11) is -1.97. The number of aliphatic hydroxyl groups is 1. The Bertz CT molecular complexity index is 724. The maximum absolute atomic E-state index is 10.9. The van der Waals surface area contributed by atoms with Crippen molar-refractivity contribution in [1.29, 1.82) is 0 Å². The standard InChI is InChI=1S/C22H30O2Si/c1-22(2)14-18(20(24)15-22)21(17-12-8-9-13-19(17)23)25(3,4)16-10-6-5-7-11-16/h5-13,18,20-21,23-24H,14-15H2,1-4H3/t18-,20-,21+/m1/s1. The minimum absolute atomic E-state index is 0.147. The summed E-state index contributed by atoms with van der Waals surface area (Å²) in [6, 6.07) is 18.4. The van der Waals surface area contributed by atoms with Crippen molar-refractivity contribution in [2.45, 2.75) is 51.4 Å². The highest BCUT2D eigenvalue weighted by Crippen LogP contribution is 2.51. The van der Waals surface area contributed by atoms with Crippen LogP contribution in [0.25, 0.3) is 0 Å². The number of phenolic OH excluding ortho intramolecular Hbond substituents is 1. The van der Waals surface area contributed by atoms with Gasteiger partial charge in [0.2, 0.25) is 0 Å². The van der Waals surface area contributed by atoms with E-state index >= 15 is 0 Å². The van der Waals surface area contributed by atoms with Crippen LogP contribution < -0.4 is 5.19 Å². The molecular formula is C22H30O2Si. The number of aliphatic hydroxyl groups excluding tert-OH is 1. The summed E-state index contributed by atoms with van der Waals surface area (Å²) < 4.78 is 0. The van der Waals surface area contributed by atoms with Gasteiger partial charge in [-0.3, -0.25) is 0 Å². The van der Waals surface area contributed by atoms with Crippen molar-refractivity contribution in [2.24, 2.45) is 11.3 Å². The van der Waals surface area contributed by atoms with Crippen LogP contribution in [-0.2, 0) is 0 Å². The fourth-order valence-corrected chi connectivity index (χ4v) is 8.71. The van der Waals surface area contributed by atoms with E-state index in [-0.39, 0.29) is 23.0 Å². The maximum atomic E-state index is 10.9. The number of benzene rings is 2. The number of hydrogen-bond donors (Lipinski definition) is 2. The first-order chi connectivity index (χ1) is 11.7. The molecule has 0 saturated heterocycles. The molecule has 3 rings (SSSR count). The quantitative estimate of drug-likeness (QED) is 0.798. The Hall–Kier alpha value is -1.58. The van der Waals surface area contributed by atoms with Crippen LogP contribution in [0.3, 0.4) is 0 Å². The van der Waals surface area contributed by atoms with E-state index in [0.29, 0.717) is 5.75 Å². The van der Waals surface area contributed by atoms with Gasteiger partial charge >= 0.3 is 0 Å². The second-order valence-corrected chi connectivity index (χ2v) is 13.6. The predicted molar refractivity (Wildman–Crippen MR) is 107 cm³/mol. The first-order valence-electron chi connectivity index (χ1n) is 9.24. The molecule has 3 heteroatoms. The van der Waals surface area contributed by atoms with E-state index in [2.05, 4.69) is 63.3 Å². The lowest BCUT2D eigenvalue weighted by atomic mass is 9.88. The summed E-state index contributed by atoms with van der Waals surface area (Å²) in [5.74, 6) is 0.547. The van der Waals surface area contributed by atoms with Crippen molar-refractivity contribution in [3.8, 4) is 5.75 Å². The minimum atomic E-state index is -1.97. The molecule has 0 spiro atoms. The second-order valence-electron chi connectivity index (χ2n) is 8.93. The summed E-state index contributed by atoms with van der Waals surface area (Å²) in [4.78, 5) is 0. The summed E-state index contributed by atoms with van der Waals surface area (Å²) in [6.07, 6.45) is 1.52. The average molecular weight is 355 g/mol. The Kier molecular flexibility index (Phi) is 4.82. The highest BCUT2D eigenvalue weighted by molar-refractivity contribution is 6.91. The number of para-hydroxylation sites is 1. The fourth-order valence-electron chi connectivity index (χ4n) is 4.87. The number of aromatic hydroxyl groups is 1. The highest BCUT2D eigenvalue weighted by Gasteiger charge is 2.49. The molecule has 3 atom stereocenters. The van der Waals surface area contributed by atoms with E-state index in [9.17, 15) is 10.2 Å². The van der Waals surface area contributed by atoms with E-state index in [4.69, 9.17) is 0 Å². The van der Waals surface area contributed by atoms with Crippen LogP contribution in [0, 0.1) is 11.3 Å². The van der Waals surface area contributed by atoms with Gasteiger partial charge in [-0.25, -0.2) is 0 Å². The van der Waals surface area contributed by atoms with Crippen LogP contribution in [0.2, 0.25) is 13.1 Å². The molecular weight excluding hydrogens is 324 g/mol. The van der Waals surface area contributed by atoms with Gasteiger partial charge in [-0.1, -0.05) is 80.7 Å². The molecule has 0 unspecified atom stereocenters. The first-order valence-corrected chi connectivity index (χ1v) is 12.3. The number of hydrogen-bond acceptors (Lipinski definition) is 2. The molecule has 0 aromatic heterocycles. The van der Waals surface area contributed by atoms with Crippen molar-refractivity contribution >= 4 is 13.3 Å². The molecule has 0 radical (unpaired) electrons. The monoisotopic (exact) mass is 354 g/mol. The average Bonchev–Trinajstić information content (AvgIpc) is 2.83. The van der Waals surface area contributed by atoms with E-state index in [1.54, 1.807) is 6.07 Å². The normalized spacial score (nSPS) is 24.2. The third kappa shape index (κ3) is 3.53. The van der Waals surface area contributed by atoms with Crippen LogP contribution >= 0.6 is 0 Å². The van der Waals surface area contributed by atoms with E-state index in [1.165, 1.54) is 5.19 Å². The van der Waals surface area contributed by atoms with Gasteiger partial charge in [0, 0.05) is 0 Å². The molecule has 2 nitrogen and oxygen atoms in total. The van der Waals surface area contributed by atoms with Crippen LogP contribution in [-0.4, -0.2) is 24.4 Å². The van der Waals surface area contributed by atoms with Gasteiger partial charge in [0.25, 0.3) is 0 Å². The first kappa shape index (κ1) is 18.2. The fraction of sp³-hybridized carbons (Fsp3) is 0.455. The molecule has 2 aromatic rings. The molecule has 1 fully saturated rings. The Labute approximate surface area is 152 Å². The molecule has 0 aliphatic heterocycles. The van der Waals surface area contributed by atoms with Gasteiger partial charge in [0.15, 0.2) is 0 Å². The number of rotatable bonds is 4. The maximum Gasteiger partial charge on any atom is 0.118 e. The molecule has 1 aliphatic carbocycles. The van der Waals surface area contributed by atoms with E-state index in [0.717, 1.165) is 18.4 Å². The molecule has 0 bridgehead atoms. The predicted octanol–water partition coefficient (Wildman–Crippen LogP) is 4.43. The van der Waals surface area contributed by atoms with Gasteiger partial charge in [-0.15, -0.1) is 0 Å². The molecule has 2 aromatic carbocycles. The lowest BCUT2D eigenvalue weighted by molar-refractivity contribution is 0.124. The minimum Gasteiger partial charge on any atom is -0.508 e. The van der Waals surface area contributed by atoms with Crippen molar-refractivity contribution in [3.63, 3.8) is 0 Å². The summed E-state index contributed by atoms with van der Waals surface area (Å²) in [5, 5.41) is 22.9. The molecule has 25 heavy (non-hydrogen) atoms. The van der Waals surface area contributed by atoms with Crippen LogP contribution in [0.15, 0.2) is 54.6 Å². The molecule has 0 heterocycles. The Morgan fingerprint density at radius 1 is 0.960 bits per heavy atom. The lowest BCUT2D eigenvalue weighted by Gasteiger charge is -2.39. The van der Waals surface area contributed by atoms with Gasteiger partial charge in [-0.2, -0.15) is 0 Å². The van der Waals surface area contributed by atoms with Crippen molar-refractivity contribution in [1.82, 2.24) is 0 Å². The molecule has 2 N–H and O–H groups in total. The number of phenols is 1. The zero-order valence-corrected chi connectivity index (χ0v) is 16.7. The summed E-state index contributed by atoms with van der Waals surface area (Å²) in [5.41, 5.74) is 1.34. The van der Waals surface area contributed by atoms with Crippen LogP contribution in [0.1, 0.15) is 37.8 Å². The lowest BCUT2D eigenvalue weighted by Crippen LogP contribution is -2.51. The van der Waals surface area contributed by atoms with Gasteiger partial charge < -0.3 is 10.2 Å². The van der Waals surface area contributed by atoms with Crippen LogP contribution in [0.5, 0.6) is 5.75 Å². The Morgan fingerprint density at radius 2 is 1.56 bits per heavy atom. The Morgan fingerprint density at radius 3 is 2.12 bits per heavy atom. The van der Waals surface area contributed by atoms with Gasteiger partial charge in [0.1, 0.15) is 5.75 Å². The van der Waals surface area contributed by atoms with Gasteiger partial charge in [0.05, 0.1) is 14.2 Å². The Balaban J connectivity index is 2.12. The van der Waals surface area contributed by atoms with E-state index in [1.807, 2.05) is 12.1 Å². The molecule has 1 aliphatic rings. The third-order valence-corrected chi connectivity index (χ3v) is 10.2. The highest BCUT2D eigenvalue weighted by atomic mass is 28.3. The van der Waals surface area contributed by atoms with Gasteiger partial charge in [-0.05, 0) is 41.3 Å². The van der Waals surface area contributed by atoms with Crippen molar-refractivity contribution < 1.29 is 10.2 Å². The SMILES string of the molecule is CC1(C)C[C@@H]([C@H](c2ccccc2O)[Si](C)(C)c2ccccc2)[C@H](O)C1. The second kappa shape index (κ2) is 6.62. The van der Waals surface area contributed by atoms with Crippen LogP contribution in [0.4, 0.5) is 0 Å². The van der Waals surface area contributed by atoms with Crippen molar-refractivity contribution in [2.75, 3.05) is 0 Å². The largest absolute Gasteiger partial charge is 0.508 e. The van der Waals surface area contributed by atoms with Crippen molar-refractivity contribution in [3.05, 3.63) is 60.2 Å². The molecule has 0 amide bonds. The topological polar surface area (TPSA) is 40.5 Å².